The van der Waals surface area contributed by atoms with Crippen LogP contribution in [0.4, 0.5) is 0 Å². The van der Waals surface area contributed by atoms with Crippen molar-refractivity contribution in [1.82, 2.24) is 0 Å². The molecular weight excluding hydrogens is 393 g/mol. The average molecular weight is 402 g/mol. The van der Waals surface area contributed by atoms with Gasteiger partial charge in [-0.3, -0.25) is 0 Å². The van der Waals surface area contributed by atoms with Crippen molar-refractivity contribution in [2.75, 3.05) is 0 Å². The molecule has 22 heavy (non-hydrogen) atoms. The van der Waals surface area contributed by atoms with Gasteiger partial charge in [0, 0.05) is 5.56 Å². The zero-order valence-electron chi connectivity index (χ0n) is 12.1. The van der Waals surface area contributed by atoms with Gasteiger partial charge in [0.05, 0.1) is 4.90 Å². The SMILES string of the molecule is O=S(=O)(N=[S-]C([O-])=S)c1ccccc1-c1ccccc1.[K+].[K+]. The first-order chi connectivity index (χ1) is 9.50. The number of benzene rings is 2. The summed E-state index contributed by atoms with van der Waals surface area (Å²) in [5.74, 6) is 0. The van der Waals surface area contributed by atoms with Gasteiger partial charge in [-0.15, -0.1) is 12.2 Å². The topological polar surface area (TPSA) is 69.6 Å². The Morgan fingerprint density at radius 3 is 2.14 bits per heavy atom. The van der Waals surface area contributed by atoms with Gasteiger partial charge >= 0.3 is 103 Å². The summed E-state index contributed by atoms with van der Waals surface area (Å²) in [6.07, 6.45) is 0. The van der Waals surface area contributed by atoms with Crippen molar-refractivity contribution < 1.29 is 116 Å². The van der Waals surface area contributed by atoms with Crippen molar-refractivity contribution in [2.45, 2.75) is 4.90 Å². The van der Waals surface area contributed by atoms with E-state index in [0.717, 1.165) is 5.56 Å². The van der Waals surface area contributed by atoms with Crippen LogP contribution in [0.5, 0.6) is 0 Å². The maximum absolute atomic E-state index is 12.1. The maximum atomic E-state index is 12.1. The Morgan fingerprint density at radius 1 is 1.00 bits per heavy atom. The normalized spacial score (nSPS) is 10.9. The Balaban J connectivity index is 0.00000220. The van der Waals surface area contributed by atoms with Gasteiger partial charge in [0.1, 0.15) is 0 Å². The molecule has 0 unspecified atom stereocenters. The van der Waals surface area contributed by atoms with Crippen LogP contribution < -0.4 is 108 Å². The minimum Gasteiger partial charge on any atom is -0.884 e. The molecule has 0 fully saturated rings. The van der Waals surface area contributed by atoms with Gasteiger partial charge in [0.2, 0.25) is 0 Å². The Hall–Kier alpha value is 1.70. The molecule has 2 aromatic carbocycles. The third-order valence-electron chi connectivity index (χ3n) is 2.46. The number of sulfonamides is 1. The van der Waals surface area contributed by atoms with Crippen molar-refractivity contribution in [2.24, 2.45) is 3.77 Å². The van der Waals surface area contributed by atoms with Crippen molar-refractivity contribution in [3.8, 4) is 11.1 Å². The second-order valence-electron chi connectivity index (χ2n) is 3.75. The number of hydrogen-bond donors (Lipinski definition) is 0. The van der Waals surface area contributed by atoms with Crippen molar-refractivity contribution in [3.63, 3.8) is 0 Å². The standard InChI is InChI=1S/C13H10NO3S3.2K/c15-13(18)19-14-20(16,17)12-9-5-4-8-11(12)10-6-2-1-3-7-10;;/h1-9H,(H,15,18);;/q-1;2*+1/p-1. The van der Waals surface area contributed by atoms with Gasteiger partial charge < -0.3 is 20.4 Å². The third kappa shape index (κ3) is 6.91. The van der Waals surface area contributed by atoms with Crippen LogP contribution in [0.15, 0.2) is 63.3 Å². The molecule has 0 radical (unpaired) electrons. The second-order valence-corrected chi connectivity index (χ2v) is 6.92. The van der Waals surface area contributed by atoms with E-state index in [2.05, 4.69) is 16.0 Å². The van der Waals surface area contributed by atoms with E-state index in [1.165, 1.54) is 6.07 Å². The summed E-state index contributed by atoms with van der Waals surface area (Å²) < 4.78 is 26.9. The molecule has 2 aromatic rings. The fourth-order valence-corrected chi connectivity index (χ4v) is 3.61. The molecule has 0 aliphatic heterocycles. The molecule has 104 valence electrons. The molecule has 0 aromatic heterocycles. The fraction of sp³-hybridized carbons (Fsp3) is 0. The molecule has 0 aliphatic rings. The van der Waals surface area contributed by atoms with Crippen molar-refractivity contribution in [3.05, 3.63) is 54.6 Å². The van der Waals surface area contributed by atoms with E-state index in [1.54, 1.807) is 30.3 Å². The monoisotopic (exact) mass is 401 g/mol. The summed E-state index contributed by atoms with van der Waals surface area (Å²) in [6.45, 7) is 0. The summed E-state index contributed by atoms with van der Waals surface area (Å²) in [6, 6.07) is 15.6. The largest absolute Gasteiger partial charge is 1.00 e. The van der Waals surface area contributed by atoms with E-state index in [4.69, 9.17) is 0 Å². The van der Waals surface area contributed by atoms with E-state index in [-0.39, 0.29) is 119 Å². The van der Waals surface area contributed by atoms with Crippen LogP contribution in [0, 0.1) is 0 Å². The number of nitrogens with zero attached hydrogens (tertiary/aromatic N) is 1. The van der Waals surface area contributed by atoms with E-state index in [1.807, 2.05) is 18.2 Å². The Kier molecular flexibility index (Phi) is 12.2. The minimum absolute atomic E-state index is 0. The molecule has 0 aliphatic carbocycles. The minimum atomic E-state index is -3.93. The van der Waals surface area contributed by atoms with E-state index < -0.39 is 14.4 Å². The quantitative estimate of drug-likeness (QED) is 0.298. The first-order valence-corrected chi connectivity index (χ1v) is 8.12. The van der Waals surface area contributed by atoms with E-state index in [9.17, 15) is 13.5 Å². The molecular formula is C13H9K2NO3S3. The molecule has 0 amide bonds. The van der Waals surface area contributed by atoms with Crippen LogP contribution in [0.3, 0.4) is 0 Å². The van der Waals surface area contributed by atoms with Crippen LogP contribution in [0.25, 0.3) is 11.1 Å². The number of thiocarbonyl (C=S) groups is 1. The summed E-state index contributed by atoms with van der Waals surface area (Å²) in [4.78, 5) is 0.0509. The molecule has 2 rings (SSSR count). The Bertz CT molecular complexity index is 765. The van der Waals surface area contributed by atoms with Gasteiger partial charge in [-0.1, -0.05) is 48.5 Å². The van der Waals surface area contributed by atoms with E-state index in [0.29, 0.717) is 5.56 Å². The average Bonchev–Trinajstić information content (AvgIpc) is 2.46. The molecule has 0 saturated heterocycles. The zero-order valence-corrected chi connectivity index (χ0v) is 20.8. The smallest absolute Gasteiger partial charge is 0.884 e. The molecule has 0 atom stereocenters. The molecule has 0 saturated carbocycles. The molecule has 0 heterocycles. The predicted molar refractivity (Wildman–Crippen MR) is 81.5 cm³/mol. The molecule has 0 spiro atoms. The van der Waals surface area contributed by atoms with Crippen LogP contribution in [-0.2, 0) is 21.6 Å². The van der Waals surface area contributed by atoms with Crippen LogP contribution in [0.1, 0.15) is 0 Å². The number of hydrogen-bond acceptors (Lipinski definition) is 5. The van der Waals surface area contributed by atoms with E-state index >= 15 is 0 Å². The van der Waals surface area contributed by atoms with Gasteiger partial charge in [0.25, 0.3) is 10.0 Å². The molecule has 9 heteroatoms. The maximum Gasteiger partial charge on any atom is 1.00 e. The van der Waals surface area contributed by atoms with Crippen LogP contribution in [0.2, 0.25) is 0 Å². The first-order valence-electron chi connectivity index (χ1n) is 5.50. The summed E-state index contributed by atoms with van der Waals surface area (Å²) in [5, 5.41) is 10.7. The van der Waals surface area contributed by atoms with Gasteiger partial charge in [-0.25, -0.2) is 8.42 Å². The second kappa shape index (κ2) is 11.3. The summed E-state index contributed by atoms with van der Waals surface area (Å²) in [7, 11) is -3.93. The first kappa shape index (κ1) is 23.7. The Morgan fingerprint density at radius 2 is 1.55 bits per heavy atom. The Labute approximate surface area is 224 Å². The summed E-state index contributed by atoms with van der Waals surface area (Å²) >= 11 is 4.54. The number of rotatable bonds is 3. The predicted octanol–water partition coefficient (Wildman–Crippen LogP) is -4.04. The van der Waals surface area contributed by atoms with Crippen molar-refractivity contribution in [1.29, 1.82) is 0 Å². The summed E-state index contributed by atoms with van der Waals surface area (Å²) in [5.41, 5.74) is 1.30. The van der Waals surface area contributed by atoms with Crippen LogP contribution in [-0.4, -0.2) is 12.8 Å². The zero-order chi connectivity index (χ0) is 14.6. The van der Waals surface area contributed by atoms with Gasteiger partial charge in [-0.2, -0.15) is 4.38 Å². The molecule has 4 nitrogen and oxygen atoms in total. The molecule has 0 N–H and O–H groups in total. The van der Waals surface area contributed by atoms with Gasteiger partial charge in [-0.05, 0) is 11.6 Å². The fourth-order valence-electron chi connectivity index (χ4n) is 1.67. The van der Waals surface area contributed by atoms with Crippen LogP contribution >= 0.6 is 12.2 Å². The van der Waals surface area contributed by atoms with Crippen molar-refractivity contribution >= 4 is 38.2 Å². The molecule has 0 bridgehead atoms. The third-order valence-corrected chi connectivity index (χ3v) is 4.83. The van der Waals surface area contributed by atoms with Gasteiger partial charge in [0.15, 0.2) is 0 Å².